The third-order valence-electron chi connectivity index (χ3n) is 5.04. The molecule has 8 heteroatoms. The fraction of sp³-hybridized carbons (Fsp3) is 0.261. The maximum atomic E-state index is 12.3. The predicted molar refractivity (Wildman–Crippen MR) is 127 cm³/mol. The summed E-state index contributed by atoms with van der Waals surface area (Å²) in [7, 11) is 0. The van der Waals surface area contributed by atoms with E-state index in [1.54, 1.807) is 12.1 Å². The average Bonchev–Trinajstić information content (AvgIpc) is 3.26. The van der Waals surface area contributed by atoms with Crippen molar-refractivity contribution in [2.45, 2.75) is 26.7 Å². The van der Waals surface area contributed by atoms with Gasteiger partial charge in [0.05, 0.1) is 10.7 Å². The van der Waals surface area contributed by atoms with E-state index in [0.717, 1.165) is 35.9 Å². The van der Waals surface area contributed by atoms with Crippen molar-refractivity contribution in [3.05, 3.63) is 64.8 Å². The number of aryl methyl sites for hydroxylation is 2. The number of carbonyl (C=O) groups excluding carboxylic acids is 1. The number of halogens is 1. The van der Waals surface area contributed by atoms with Gasteiger partial charge in [0.25, 0.3) is 0 Å². The Hall–Kier alpha value is -3.32. The number of aromatic nitrogens is 2. The number of nitrogens with zero attached hydrogens (tertiary/aromatic N) is 3. The molecule has 0 saturated carbocycles. The summed E-state index contributed by atoms with van der Waals surface area (Å²) in [6.45, 7) is 5.98. The number of amides is 2. The van der Waals surface area contributed by atoms with Crippen LogP contribution in [0, 0.1) is 13.8 Å². The van der Waals surface area contributed by atoms with Crippen molar-refractivity contribution in [2.75, 3.05) is 33.9 Å². The predicted octanol–water partition coefficient (Wildman–Crippen LogP) is 5.73. The van der Waals surface area contributed by atoms with E-state index in [1.165, 1.54) is 12.8 Å². The Bertz CT molecular complexity index is 1080. The molecule has 1 aromatic heterocycles. The van der Waals surface area contributed by atoms with Gasteiger partial charge < -0.3 is 20.9 Å². The molecular formula is C23H25ClN6O. The molecule has 0 unspecified atom stereocenters. The molecule has 2 amide bonds. The van der Waals surface area contributed by atoms with Gasteiger partial charge in [0.2, 0.25) is 5.95 Å². The summed E-state index contributed by atoms with van der Waals surface area (Å²) < 4.78 is 0. The summed E-state index contributed by atoms with van der Waals surface area (Å²) in [6, 6.07) is 14.5. The number of anilines is 5. The molecule has 0 bridgehead atoms. The lowest BCUT2D eigenvalue weighted by molar-refractivity contribution is 0.262. The van der Waals surface area contributed by atoms with Gasteiger partial charge in [-0.05, 0) is 68.7 Å². The number of rotatable bonds is 5. The van der Waals surface area contributed by atoms with E-state index in [9.17, 15) is 4.79 Å². The molecule has 1 saturated heterocycles. The summed E-state index contributed by atoms with van der Waals surface area (Å²) >= 11 is 6.17. The molecule has 160 valence electrons. The summed E-state index contributed by atoms with van der Waals surface area (Å²) in [5, 5.41) is 9.31. The molecule has 3 aromatic rings. The summed E-state index contributed by atoms with van der Waals surface area (Å²) in [5.41, 5.74) is 4.02. The minimum Gasteiger partial charge on any atom is -0.356 e. The molecule has 7 nitrogen and oxygen atoms in total. The molecule has 0 aliphatic carbocycles. The second-order valence-corrected chi connectivity index (χ2v) is 8.06. The van der Waals surface area contributed by atoms with Gasteiger partial charge >= 0.3 is 6.03 Å². The van der Waals surface area contributed by atoms with Crippen LogP contribution in [0.25, 0.3) is 0 Å². The van der Waals surface area contributed by atoms with Crippen molar-refractivity contribution in [1.29, 1.82) is 0 Å². The number of nitrogens with one attached hydrogen (secondary N) is 3. The van der Waals surface area contributed by atoms with Gasteiger partial charge in [-0.1, -0.05) is 17.7 Å². The Labute approximate surface area is 186 Å². The average molecular weight is 437 g/mol. The van der Waals surface area contributed by atoms with Crippen LogP contribution in [-0.4, -0.2) is 29.1 Å². The normalized spacial score (nSPS) is 13.2. The molecule has 0 spiro atoms. The monoisotopic (exact) mass is 436 g/mol. The summed E-state index contributed by atoms with van der Waals surface area (Å²) in [6.07, 6.45) is 2.40. The van der Waals surface area contributed by atoms with Gasteiger partial charge in [0, 0.05) is 36.2 Å². The smallest absolute Gasteiger partial charge is 0.323 e. The second kappa shape index (κ2) is 9.22. The van der Waals surface area contributed by atoms with Crippen LogP contribution in [0.4, 0.5) is 33.6 Å². The maximum Gasteiger partial charge on any atom is 0.323 e. The van der Waals surface area contributed by atoms with Crippen LogP contribution in [0.5, 0.6) is 0 Å². The van der Waals surface area contributed by atoms with Crippen LogP contribution in [0.2, 0.25) is 5.02 Å². The molecule has 2 heterocycles. The Morgan fingerprint density at radius 1 is 0.935 bits per heavy atom. The topological polar surface area (TPSA) is 82.2 Å². The minimum atomic E-state index is -0.358. The molecule has 3 N–H and O–H groups in total. The molecule has 4 rings (SSSR count). The first-order valence-corrected chi connectivity index (χ1v) is 10.7. The van der Waals surface area contributed by atoms with Crippen molar-refractivity contribution in [3.8, 4) is 0 Å². The van der Waals surface area contributed by atoms with Crippen LogP contribution in [0.15, 0.2) is 48.5 Å². The second-order valence-electron chi connectivity index (χ2n) is 7.65. The highest BCUT2D eigenvalue weighted by Crippen LogP contribution is 2.24. The molecule has 2 aromatic carbocycles. The molecule has 1 aliphatic heterocycles. The molecule has 0 radical (unpaired) electrons. The van der Waals surface area contributed by atoms with Crippen LogP contribution < -0.4 is 20.9 Å². The first-order valence-electron chi connectivity index (χ1n) is 10.3. The Morgan fingerprint density at radius 2 is 1.65 bits per heavy atom. The largest absolute Gasteiger partial charge is 0.356 e. The number of hydrogen-bond acceptors (Lipinski definition) is 5. The quantitative estimate of drug-likeness (QED) is 0.475. The van der Waals surface area contributed by atoms with Crippen molar-refractivity contribution < 1.29 is 4.79 Å². The van der Waals surface area contributed by atoms with Gasteiger partial charge in [-0.3, -0.25) is 0 Å². The van der Waals surface area contributed by atoms with Gasteiger partial charge in [-0.15, -0.1) is 0 Å². The number of urea groups is 1. The standard InChI is InChI=1S/C23H25ClN6O/c1-15-5-10-20(19(24)13-15)28-23(31)27-18-8-6-17(7-9-18)26-22-25-16(2)14-21(29-22)30-11-3-4-12-30/h5-10,13-14H,3-4,11-12H2,1-2H3,(H,25,26,29)(H2,27,28,31). The third-order valence-corrected chi connectivity index (χ3v) is 5.36. The van der Waals surface area contributed by atoms with Crippen LogP contribution >= 0.6 is 11.6 Å². The van der Waals surface area contributed by atoms with E-state index in [-0.39, 0.29) is 6.03 Å². The van der Waals surface area contributed by atoms with Gasteiger partial charge in [-0.2, -0.15) is 4.98 Å². The van der Waals surface area contributed by atoms with E-state index in [4.69, 9.17) is 11.6 Å². The van der Waals surface area contributed by atoms with Crippen LogP contribution in [0.3, 0.4) is 0 Å². The lowest BCUT2D eigenvalue weighted by Crippen LogP contribution is -2.20. The van der Waals surface area contributed by atoms with E-state index in [2.05, 4.69) is 30.8 Å². The third kappa shape index (κ3) is 5.44. The van der Waals surface area contributed by atoms with Gasteiger partial charge in [0.1, 0.15) is 5.82 Å². The summed E-state index contributed by atoms with van der Waals surface area (Å²) in [5.74, 6) is 1.52. The molecule has 1 fully saturated rings. The lowest BCUT2D eigenvalue weighted by atomic mass is 10.2. The Morgan fingerprint density at radius 3 is 2.35 bits per heavy atom. The highest BCUT2D eigenvalue weighted by molar-refractivity contribution is 6.33. The fourth-order valence-corrected chi connectivity index (χ4v) is 3.77. The highest BCUT2D eigenvalue weighted by Gasteiger charge is 2.15. The van der Waals surface area contributed by atoms with E-state index < -0.39 is 0 Å². The molecule has 0 atom stereocenters. The van der Waals surface area contributed by atoms with Crippen LogP contribution in [-0.2, 0) is 0 Å². The highest BCUT2D eigenvalue weighted by atomic mass is 35.5. The molecular weight excluding hydrogens is 412 g/mol. The maximum absolute atomic E-state index is 12.3. The first-order chi connectivity index (χ1) is 15.0. The summed E-state index contributed by atoms with van der Waals surface area (Å²) in [4.78, 5) is 23.7. The molecule has 31 heavy (non-hydrogen) atoms. The fourth-order valence-electron chi connectivity index (χ4n) is 3.49. The Kier molecular flexibility index (Phi) is 6.23. The Balaban J connectivity index is 1.38. The zero-order valence-electron chi connectivity index (χ0n) is 17.6. The zero-order chi connectivity index (χ0) is 21.8. The number of hydrogen-bond donors (Lipinski definition) is 3. The van der Waals surface area contributed by atoms with Crippen molar-refractivity contribution in [1.82, 2.24) is 9.97 Å². The van der Waals surface area contributed by atoms with Crippen molar-refractivity contribution in [3.63, 3.8) is 0 Å². The van der Waals surface area contributed by atoms with Gasteiger partial charge in [-0.25, -0.2) is 9.78 Å². The first kappa shape index (κ1) is 20.9. The van der Waals surface area contributed by atoms with E-state index >= 15 is 0 Å². The van der Waals surface area contributed by atoms with Crippen molar-refractivity contribution in [2.24, 2.45) is 0 Å². The molecule has 1 aliphatic rings. The minimum absolute atomic E-state index is 0.358. The van der Waals surface area contributed by atoms with Crippen molar-refractivity contribution >= 4 is 46.5 Å². The SMILES string of the molecule is Cc1ccc(NC(=O)Nc2ccc(Nc3nc(C)cc(N4CCCC4)n3)cc2)c(Cl)c1. The van der Waals surface area contributed by atoms with Crippen LogP contribution in [0.1, 0.15) is 24.1 Å². The number of benzene rings is 2. The van der Waals surface area contributed by atoms with E-state index in [0.29, 0.717) is 22.3 Å². The lowest BCUT2D eigenvalue weighted by Gasteiger charge is -2.17. The van der Waals surface area contributed by atoms with E-state index in [1.807, 2.05) is 50.2 Å². The van der Waals surface area contributed by atoms with Gasteiger partial charge in [0.15, 0.2) is 0 Å². The zero-order valence-corrected chi connectivity index (χ0v) is 18.3. The number of carbonyl (C=O) groups is 1.